The van der Waals surface area contributed by atoms with Crippen LogP contribution >= 0.6 is 0 Å². The highest BCUT2D eigenvalue weighted by molar-refractivity contribution is 7.91. The maximum absolute atomic E-state index is 11.9. The molecule has 1 aromatic rings. The van der Waals surface area contributed by atoms with Gasteiger partial charge in [0.05, 0.1) is 22.6 Å². The number of sulfone groups is 1. The van der Waals surface area contributed by atoms with Gasteiger partial charge in [0.1, 0.15) is 0 Å². The van der Waals surface area contributed by atoms with Crippen LogP contribution in [0.5, 0.6) is 0 Å². The van der Waals surface area contributed by atoms with Crippen molar-refractivity contribution in [1.29, 1.82) is 0 Å². The summed E-state index contributed by atoms with van der Waals surface area (Å²) in [6, 6.07) is 5.49. The van der Waals surface area contributed by atoms with Crippen molar-refractivity contribution in [2.75, 3.05) is 18.1 Å². The number of hydrogen-bond donors (Lipinski definition) is 2. The van der Waals surface area contributed by atoms with Gasteiger partial charge >= 0.3 is 5.97 Å². The van der Waals surface area contributed by atoms with Crippen LogP contribution in [0.1, 0.15) is 34.1 Å². The molecule has 0 bridgehead atoms. The summed E-state index contributed by atoms with van der Waals surface area (Å²) < 4.78 is 27.9. The van der Waals surface area contributed by atoms with Crippen molar-refractivity contribution in [3.8, 4) is 0 Å². The van der Waals surface area contributed by atoms with Gasteiger partial charge in [-0.1, -0.05) is 0 Å². The Labute approximate surface area is 139 Å². The molecule has 0 spiro atoms. The molecule has 24 heavy (non-hydrogen) atoms. The molecular formula is C15H18N2O6S. The van der Waals surface area contributed by atoms with Crippen molar-refractivity contribution in [2.24, 2.45) is 5.73 Å². The number of nitrogens with one attached hydrogen (secondary N) is 1. The molecule has 8 nitrogen and oxygen atoms in total. The third-order valence-corrected chi connectivity index (χ3v) is 5.59. The van der Waals surface area contributed by atoms with E-state index in [9.17, 15) is 22.8 Å². The standard InChI is InChI=1S/C15H18N2O6S/c1-15(6-7-24(21,22)9-15)17-12(18)8-23-14(20)11-4-2-10(3-5-11)13(16)19/h2-5H,6-9H2,1H3,(H2,16,19)(H,17,18). The van der Waals surface area contributed by atoms with E-state index in [-0.39, 0.29) is 22.6 Å². The molecule has 1 fully saturated rings. The van der Waals surface area contributed by atoms with E-state index >= 15 is 0 Å². The van der Waals surface area contributed by atoms with Crippen LogP contribution in [0.3, 0.4) is 0 Å². The lowest BCUT2D eigenvalue weighted by molar-refractivity contribution is -0.125. The number of nitrogens with two attached hydrogens (primary N) is 1. The fraction of sp³-hybridized carbons (Fsp3) is 0.400. The Balaban J connectivity index is 1.87. The first kappa shape index (κ1) is 17.9. The predicted molar refractivity (Wildman–Crippen MR) is 85.1 cm³/mol. The van der Waals surface area contributed by atoms with Gasteiger partial charge in [-0.2, -0.15) is 0 Å². The van der Waals surface area contributed by atoms with Crippen LogP contribution in [-0.2, 0) is 19.4 Å². The van der Waals surface area contributed by atoms with Crippen LogP contribution in [0.2, 0.25) is 0 Å². The molecule has 1 aliphatic rings. The topological polar surface area (TPSA) is 133 Å². The average molecular weight is 354 g/mol. The number of esters is 1. The summed E-state index contributed by atoms with van der Waals surface area (Å²) in [7, 11) is -3.15. The zero-order chi connectivity index (χ0) is 18.0. The Bertz CT molecular complexity index is 772. The zero-order valence-corrected chi connectivity index (χ0v) is 13.9. The van der Waals surface area contributed by atoms with E-state index in [1.165, 1.54) is 24.3 Å². The van der Waals surface area contributed by atoms with Crippen LogP contribution < -0.4 is 11.1 Å². The molecule has 0 saturated carbocycles. The van der Waals surface area contributed by atoms with Gasteiger partial charge in [0.15, 0.2) is 16.4 Å². The molecule has 2 amide bonds. The van der Waals surface area contributed by atoms with Crippen molar-refractivity contribution in [2.45, 2.75) is 18.9 Å². The number of ether oxygens (including phenoxy) is 1. The average Bonchev–Trinajstić information content (AvgIpc) is 2.78. The van der Waals surface area contributed by atoms with Gasteiger partial charge in [-0.25, -0.2) is 13.2 Å². The Hall–Kier alpha value is -2.42. The molecule has 0 radical (unpaired) electrons. The molecular weight excluding hydrogens is 336 g/mol. The number of benzene rings is 1. The smallest absolute Gasteiger partial charge is 0.338 e. The number of carbonyl (C=O) groups excluding carboxylic acids is 3. The summed E-state index contributed by atoms with van der Waals surface area (Å²) in [6.07, 6.45) is 0.323. The van der Waals surface area contributed by atoms with E-state index in [0.717, 1.165) is 0 Å². The lowest BCUT2D eigenvalue weighted by Crippen LogP contribution is -2.48. The van der Waals surface area contributed by atoms with E-state index in [1.54, 1.807) is 6.92 Å². The summed E-state index contributed by atoms with van der Waals surface area (Å²) in [5.41, 5.74) is 4.67. The van der Waals surface area contributed by atoms with Crippen molar-refractivity contribution in [3.63, 3.8) is 0 Å². The summed E-state index contributed by atoms with van der Waals surface area (Å²) in [5, 5.41) is 2.59. The molecule has 9 heteroatoms. The molecule has 130 valence electrons. The Morgan fingerprint density at radius 2 is 1.79 bits per heavy atom. The molecule has 2 rings (SSSR count). The summed E-state index contributed by atoms with van der Waals surface area (Å²) in [4.78, 5) is 34.6. The molecule has 0 aromatic heterocycles. The summed E-state index contributed by atoms with van der Waals surface area (Å²) in [5.74, 6) is -2.03. The van der Waals surface area contributed by atoms with Crippen LogP contribution in [0, 0.1) is 0 Å². The van der Waals surface area contributed by atoms with Crippen molar-refractivity contribution in [3.05, 3.63) is 35.4 Å². The second kappa shape index (κ2) is 6.60. The van der Waals surface area contributed by atoms with E-state index in [1.807, 2.05) is 0 Å². The third kappa shape index (κ3) is 4.54. The van der Waals surface area contributed by atoms with Gasteiger partial charge in [-0.3, -0.25) is 9.59 Å². The second-order valence-corrected chi connectivity index (χ2v) is 8.15. The molecule has 1 heterocycles. The fourth-order valence-corrected chi connectivity index (χ4v) is 4.56. The lowest BCUT2D eigenvalue weighted by Gasteiger charge is -2.23. The highest BCUT2D eigenvalue weighted by Gasteiger charge is 2.39. The normalized spacial score (nSPS) is 21.9. The molecule has 3 N–H and O–H groups in total. The molecule has 1 atom stereocenters. The predicted octanol–water partition coefficient (Wildman–Crippen LogP) is -0.364. The van der Waals surface area contributed by atoms with Crippen LogP contribution in [0.15, 0.2) is 24.3 Å². The Morgan fingerprint density at radius 1 is 1.21 bits per heavy atom. The number of rotatable bonds is 5. The van der Waals surface area contributed by atoms with Crippen LogP contribution in [0.25, 0.3) is 0 Å². The molecule has 0 aliphatic carbocycles. The lowest BCUT2D eigenvalue weighted by atomic mass is 10.0. The number of hydrogen-bond acceptors (Lipinski definition) is 6. The first-order chi connectivity index (χ1) is 11.1. The minimum Gasteiger partial charge on any atom is -0.452 e. The van der Waals surface area contributed by atoms with Crippen molar-refractivity contribution in [1.82, 2.24) is 5.32 Å². The van der Waals surface area contributed by atoms with E-state index in [2.05, 4.69) is 5.32 Å². The number of primary amides is 1. The van der Waals surface area contributed by atoms with E-state index in [0.29, 0.717) is 6.42 Å². The Kier molecular flexibility index (Phi) is 4.93. The fourth-order valence-electron chi connectivity index (χ4n) is 2.47. The van der Waals surface area contributed by atoms with Gasteiger partial charge in [0.2, 0.25) is 5.91 Å². The van der Waals surface area contributed by atoms with Gasteiger partial charge in [-0.05, 0) is 37.6 Å². The minimum absolute atomic E-state index is 0.0236. The molecule has 1 unspecified atom stereocenters. The van der Waals surface area contributed by atoms with Gasteiger partial charge in [-0.15, -0.1) is 0 Å². The SMILES string of the molecule is CC1(NC(=O)COC(=O)c2ccc(C(N)=O)cc2)CCS(=O)(=O)C1. The molecule has 1 aromatic carbocycles. The summed E-state index contributed by atoms with van der Waals surface area (Å²) in [6.45, 7) is 1.12. The zero-order valence-electron chi connectivity index (χ0n) is 13.1. The van der Waals surface area contributed by atoms with Crippen LogP contribution in [-0.4, -0.2) is 49.9 Å². The maximum Gasteiger partial charge on any atom is 0.338 e. The monoisotopic (exact) mass is 354 g/mol. The van der Waals surface area contributed by atoms with E-state index < -0.39 is 39.8 Å². The Morgan fingerprint density at radius 3 is 2.29 bits per heavy atom. The van der Waals surface area contributed by atoms with Gasteiger partial charge in [0.25, 0.3) is 5.91 Å². The van der Waals surface area contributed by atoms with E-state index in [4.69, 9.17) is 10.5 Å². The minimum atomic E-state index is -3.15. The van der Waals surface area contributed by atoms with Crippen molar-refractivity contribution < 1.29 is 27.5 Å². The van der Waals surface area contributed by atoms with Gasteiger partial charge < -0.3 is 15.8 Å². The highest BCUT2D eigenvalue weighted by atomic mass is 32.2. The van der Waals surface area contributed by atoms with Gasteiger partial charge in [0, 0.05) is 5.56 Å². The molecule has 1 saturated heterocycles. The maximum atomic E-state index is 11.9. The number of carbonyl (C=O) groups is 3. The highest BCUT2D eigenvalue weighted by Crippen LogP contribution is 2.22. The first-order valence-electron chi connectivity index (χ1n) is 7.19. The quantitative estimate of drug-likeness (QED) is 0.694. The molecule has 1 aliphatic heterocycles. The second-order valence-electron chi connectivity index (χ2n) is 5.97. The van der Waals surface area contributed by atoms with Crippen molar-refractivity contribution >= 4 is 27.6 Å². The largest absolute Gasteiger partial charge is 0.452 e. The number of amides is 2. The third-order valence-electron chi connectivity index (χ3n) is 3.68. The summed E-state index contributed by atoms with van der Waals surface area (Å²) >= 11 is 0. The van der Waals surface area contributed by atoms with Crippen LogP contribution in [0.4, 0.5) is 0 Å². The first-order valence-corrected chi connectivity index (χ1v) is 9.01.